The number of rotatable bonds is 7. The predicted octanol–water partition coefficient (Wildman–Crippen LogP) is 3.33. The lowest BCUT2D eigenvalue weighted by molar-refractivity contribution is -0.136. The van der Waals surface area contributed by atoms with Gasteiger partial charge in [-0.1, -0.05) is 12.1 Å². The third kappa shape index (κ3) is 5.11. The van der Waals surface area contributed by atoms with Gasteiger partial charge in [0.1, 0.15) is 12.0 Å². The van der Waals surface area contributed by atoms with Gasteiger partial charge in [0.25, 0.3) is 5.91 Å². The van der Waals surface area contributed by atoms with E-state index in [4.69, 9.17) is 9.47 Å². The van der Waals surface area contributed by atoms with E-state index in [-0.39, 0.29) is 25.0 Å². The van der Waals surface area contributed by atoms with Crippen molar-refractivity contribution in [3.05, 3.63) is 83.9 Å². The highest BCUT2D eigenvalue weighted by molar-refractivity contribution is 5.96. The largest absolute Gasteiger partial charge is 0.493 e. The summed E-state index contributed by atoms with van der Waals surface area (Å²) in [6.45, 7) is 1.12. The number of likely N-dealkylation sites (N-methyl/N-ethyl adjacent to an activating group) is 1. The summed E-state index contributed by atoms with van der Waals surface area (Å²) >= 11 is 0. The van der Waals surface area contributed by atoms with E-state index in [1.165, 1.54) is 0 Å². The van der Waals surface area contributed by atoms with Crippen molar-refractivity contribution in [2.75, 3.05) is 34.3 Å². The molecule has 0 radical (unpaired) electrons. The van der Waals surface area contributed by atoms with E-state index >= 15 is 0 Å². The molecule has 2 aromatic heterocycles. The topological polar surface area (TPSA) is 84.9 Å². The molecular weight excluding hydrogens is 444 g/mol. The number of likely N-dealkylation sites (tertiary alicyclic amines) is 1. The molecule has 3 heterocycles. The molecule has 1 aromatic carbocycles. The summed E-state index contributed by atoms with van der Waals surface area (Å²) in [5, 5.41) is 0. The Kier molecular flexibility index (Phi) is 7.29. The van der Waals surface area contributed by atoms with Crippen molar-refractivity contribution in [1.29, 1.82) is 0 Å². The number of ether oxygens (including phenoxy) is 2. The number of hydrogen-bond donors (Lipinski definition) is 0. The smallest absolute Gasteiger partial charge is 0.254 e. The number of pyridine rings is 2. The van der Waals surface area contributed by atoms with Gasteiger partial charge in [0.15, 0.2) is 11.5 Å². The highest BCUT2D eigenvalue weighted by atomic mass is 16.5. The first-order chi connectivity index (χ1) is 16.9. The Morgan fingerprint density at radius 3 is 2.46 bits per heavy atom. The number of amides is 2. The molecule has 0 N–H and O–H groups in total. The van der Waals surface area contributed by atoms with Gasteiger partial charge in [-0.05, 0) is 55.3 Å². The maximum Gasteiger partial charge on any atom is 0.254 e. The van der Waals surface area contributed by atoms with Crippen LogP contribution in [0.25, 0.3) is 0 Å². The summed E-state index contributed by atoms with van der Waals surface area (Å²) in [4.78, 5) is 39.0. The van der Waals surface area contributed by atoms with Gasteiger partial charge in [-0.15, -0.1) is 0 Å². The van der Waals surface area contributed by atoms with Gasteiger partial charge < -0.3 is 19.3 Å². The van der Waals surface area contributed by atoms with E-state index in [0.29, 0.717) is 42.1 Å². The zero-order chi connectivity index (χ0) is 24.8. The van der Waals surface area contributed by atoms with E-state index in [9.17, 15) is 9.59 Å². The fraction of sp³-hybridized carbons (Fsp3) is 0.333. The van der Waals surface area contributed by atoms with E-state index in [2.05, 4.69) is 9.97 Å². The van der Waals surface area contributed by atoms with Gasteiger partial charge >= 0.3 is 0 Å². The van der Waals surface area contributed by atoms with Crippen LogP contribution in [0.15, 0.2) is 67.0 Å². The summed E-state index contributed by atoms with van der Waals surface area (Å²) in [7, 11) is 5.02. The summed E-state index contributed by atoms with van der Waals surface area (Å²) in [5.41, 5.74) is 1.07. The molecule has 2 amide bonds. The minimum atomic E-state index is -0.880. The number of piperidine rings is 1. The summed E-state index contributed by atoms with van der Waals surface area (Å²) in [6.07, 6.45) is 4.73. The lowest BCUT2D eigenvalue weighted by Crippen LogP contribution is -2.56. The Balaban J connectivity index is 1.57. The van der Waals surface area contributed by atoms with Crippen molar-refractivity contribution in [3.8, 4) is 11.5 Å². The fourth-order valence-corrected chi connectivity index (χ4v) is 4.53. The van der Waals surface area contributed by atoms with Crippen molar-refractivity contribution in [2.45, 2.75) is 24.9 Å². The normalized spacial score (nSPS) is 17.5. The molecule has 1 aliphatic rings. The van der Waals surface area contributed by atoms with Crippen molar-refractivity contribution < 1.29 is 19.1 Å². The maximum atomic E-state index is 13.5. The van der Waals surface area contributed by atoms with Gasteiger partial charge in [-0.3, -0.25) is 19.6 Å². The second-order valence-corrected chi connectivity index (χ2v) is 8.80. The highest BCUT2D eigenvalue weighted by Gasteiger charge is 2.47. The first-order valence-electron chi connectivity index (χ1n) is 11.6. The summed E-state index contributed by atoms with van der Waals surface area (Å²) in [6, 6.07) is 16.3. The Labute approximate surface area is 205 Å². The van der Waals surface area contributed by atoms with Gasteiger partial charge in [-0.2, -0.15) is 0 Å². The fourth-order valence-electron chi connectivity index (χ4n) is 4.53. The molecule has 0 spiro atoms. The van der Waals surface area contributed by atoms with Gasteiger partial charge in [-0.25, -0.2) is 0 Å². The monoisotopic (exact) mass is 474 g/mol. The molecule has 1 aliphatic heterocycles. The molecule has 8 nitrogen and oxygen atoms in total. The Hall–Kier alpha value is -3.94. The highest BCUT2D eigenvalue weighted by Crippen LogP contribution is 2.36. The van der Waals surface area contributed by atoms with Crippen molar-refractivity contribution in [3.63, 3.8) is 0 Å². The molecule has 0 bridgehead atoms. The zero-order valence-electron chi connectivity index (χ0n) is 20.3. The third-order valence-electron chi connectivity index (χ3n) is 6.26. The van der Waals surface area contributed by atoms with Gasteiger partial charge in [0.05, 0.1) is 18.5 Å². The number of aromatic nitrogens is 2. The number of benzene rings is 1. The molecular formula is C27H30N4O4. The molecule has 4 rings (SSSR count). The van der Waals surface area contributed by atoms with Crippen LogP contribution in [0.1, 0.15) is 34.6 Å². The number of nitrogens with zero attached hydrogens (tertiary/aromatic N) is 4. The first-order valence-corrected chi connectivity index (χ1v) is 11.6. The molecule has 35 heavy (non-hydrogen) atoms. The standard InChI is InChI=1S/C27H30N4O4/c1-30(2)26(33)27(24-10-5-7-15-29-24)13-8-16-31(19-27)25(32)20-11-12-22(23(17-20)34-3)35-18-21-9-4-6-14-28-21/h4-7,9-12,14-15,17H,8,13,16,18-19H2,1-3H3/t27-/m0/s1. The van der Waals surface area contributed by atoms with E-state index in [1.807, 2.05) is 36.4 Å². The molecule has 182 valence electrons. The lowest BCUT2D eigenvalue weighted by atomic mass is 9.75. The average molecular weight is 475 g/mol. The van der Waals surface area contributed by atoms with E-state index < -0.39 is 5.41 Å². The lowest BCUT2D eigenvalue weighted by Gasteiger charge is -2.42. The Morgan fingerprint density at radius 1 is 1.03 bits per heavy atom. The maximum absolute atomic E-state index is 13.5. The van der Waals surface area contributed by atoms with Crippen molar-refractivity contribution >= 4 is 11.8 Å². The van der Waals surface area contributed by atoms with Crippen molar-refractivity contribution in [1.82, 2.24) is 19.8 Å². The molecule has 1 fully saturated rings. The molecule has 1 saturated heterocycles. The second-order valence-electron chi connectivity index (χ2n) is 8.80. The van der Waals surface area contributed by atoms with Crippen LogP contribution >= 0.6 is 0 Å². The SMILES string of the molecule is COc1cc(C(=O)N2CCC[C@@](C(=O)N(C)C)(c3ccccn3)C2)ccc1OCc1ccccn1. The van der Waals surface area contributed by atoms with Crippen LogP contribution in [0.3, 0.4) is 0 Å². The Bertz CT molecular complexity index is 1170. The van der Waals surface area contributed by atoms with Crippen LogP contribution in [-0.2, 0) is 16.8 Å². The van der Waals surface area contributed by atoms with Crippen LogP contribution in [-0.4, -0.2) is 65.9 Å². The summed E-state index contributed by atoms with van der Waals surface area (Å²) < 4.78 is 11.4. The third-order valence-corrected chi connectivity index (χ3v) is 6.26. The van der Waals surface area contributed by atoms with Crippen LogP contribution in [0, 0.1) is 0 Å². The van der Waals surface area contributed by atoms with Gasteiger partial charge in [0, 0.05) is 45.1 Å². The molecule has 0 saturated carbocycles. The van der Waals surface area contributed by atoms with Crippen molar-refractivity contribution in [2.24, 2.45) is 0 Å². The van der Waals surface area contributed by atoms with Crippen LogP contribution in [0.2, 0.25) is 0 Å². The minimum absolute atomic E-state index is 0.0513. The number of methoxy groups -OCH3 is 1. The van der Waals surface area contributed by atoms with Crippen LogP contribution in [0.4, 0.5) is 0 Å². The molecule has 3 aromatic rings. The Morgan fingerprint density at radius 2 is 1.80 bits per heavy atom. The predicted molar refractivity (Wildman–Crippen MR) is 131 cm³/mol. The number of carbonyl (C=O) groups is 2. The van der Waals surface area contributed by atoms with Crippen LogP contribution in [0.5, 0.6) is 11.5 Å². The average Bonchev–Trinajstić information content (AvgIpc) is 2.92. The van der Waals surface area contributed by atoms with Gasteiger partial charge in [0.2, 0.25) is 5.91 Å². The number of hydrogen-bond acceptors (Lipinski definition) is 6. The first kappa shape index (κ1) is 24.2. The van der Waals surface area contributed by atoms with E-state index in [1.54, 1.807) is 61.6 Å². The second kappa shape index (κ2) is 10.5. The van der Waals surface area contributed by atoms with E-state index in [0.717, 1.165) is 5.69 Å². The molecule has 0 aliphatic carbocycles. The minimum Gasteiger partial charge on any atom is -0.493 e. The molecule has 1 atom stereocenters. The number of carbonyl (C=O) groups excluding carboxylic acids is 2. The summed E-state index contributed by atoms with van der Waals surface area (Å²) in [5.74, 6) is 0.777. The molecule has 8 heteroatoms. The van der Waals surface area contributed by atoms with Crippen LogP contribution < -0.4 is 9.47 Å². The zero-order valence-corrected chi connectivity index (χ0v) is 20.3. The molecule has 0 unspecified atom stereocenters. The quantitative estimate of drug-likeness (QED) is 0.522.